The molecule has 0 aromatic carbocycles. The van der Waals surface area contributed by atoms with E-state index < -0.39 is 0 Å². The highest BCUT2D eigenvalue weighted by molar-refractivity contribution is 14.0. The van der Waals surface area contributed by atoms with Crippen LogP contribution in [-0.2, 0) is 6.54 Å². The van der Waals surface area contributed by atoms with E-state index in [0.29, 0.717) is 6.54 Å². The van der Waals surface area contributed by atoms with Crippen molar-refractivity contribution in [1.29, 1.82) is 0 Å². The van der Waals surface area contributed by atoms with Crippen molar-refractivity contribution < 1.29 is 0 Å². The van der Waals surface area contributed by atoms with Crippen LogP contribution in [-0.4, -0.2) is 46.3 Å². The fourth-order valence-electron chi connectivity index (χ4n) is 2.17. The van der Waals surface area contributed by atoms with E-state index in [0.717, 1.165) is 30.3 Å². The van der Waals surface area contributed by atoms with Crippen molar-refractivity contribution >= 4 is 29.9 Å². The predicted molar refractivity (Wildman–Crippen MR) is 105 cm³/mol. The Hall–Kier alpha value is -1.64. The van der Waals surface area contributed by atoms with Gasteiger partial charge in [-0.1, -0.05) is 13.3 Å². The highest BCUT2D eigenvalue weighted by Crippen LogP contribution is 2.06. The first-order chi connectivity index (χ1) is 10.7. The molecule has 7 heteroatoms. The van der Waals surface area contributed by atoms with E-state index in [1.807, 2.05) is 31.4 Å². The number of hydrogen-bond donors (Lipinski definition) is 1. The van der Waals surface area contributed by atoms with Gasteiger partial charge in [0, 0.05) is 45.8 Å². The average Bonchev–Trinajstić information content (AvgIpc) is 3.08. The van der Waals surface area contributed by atoms with Gasteiger partial charge < -0.3 is 10.2 Å². The molecule has 0 aliphatic heterocycles. The smallest absolute Gasteiger partial charge is 0.193 e. The van der Waals surface area contributed by atoms with Crippen LogP contribution in [0.2, 0.25) is 0 Å². The number of nitrogens with zero attached hydrogens (tertiary/aromatic N) is 5. The molecule has 0 bridgehead atoms. The number of halogens is 1. The number of hydrogen-bond acceptors (Lipinski definition) is 3. The summed E-state index contributed by atoms with van der Waals surface area (Å²) in [5.41, 5.74) is 1.14. The Balaban J connectivity index is 0.00000264. The predicted octanol–water partition coefficient (Wildman–Crippen LogP) is 2.69. The first-order valence-electron chi connectivity index (χ1n) is 7.61. The van der Waals surface area contributed by atoms with Gasteiger partial charge in [0.1, 0.15) is 0 Å². The van der Waals surface area contributed by atoms with Crippen molar-refractivity contribution in [3.63, 3.8) is 0 Å². The summed E-state index contributed by atoms with van der Waals surface area (Å²) >= 11 is 0. The zero-order chi connectivity index (χ0) is 15.8. The van der Waals surface area contributed by atoms with Gasteiger partial charge in [-0.05, 0) is 30.2 Å². The summed E-state index contributed by atoms with van der Waals surface area (Å²) in [6.45, 7) is 3.91. The standard InChI is InChI=1S/C16H24N6.HI/c1-4-5-10-21(3)16(17-2)19-13-14-7-9-18-15(12-14)22-11-6-8-20-22;/h6-9,11-12H,4-5,10,13H2,1-3H3,(H,17,19);1H. The highest BCUT2D eigenvalue weighted by atomic mass is 127. The second-order valence-electron chi connectivity index (χ2n) is 5.15. The van der Waals surface area contributed by atoms with Gasteiger partial charge in [-0.3, -0.25) is 4.99 Å². The van der Waals surface area contributed by atoms with Crippen LogP contribution < -0.4 is 5.32 Å². The summed E-state index contributed by atoms with van der Waals surface area (Å²) in [7, 11) is 3.87. The molecule has 0 saturated heterocycles. The number of unbranched alkanes of at least 4 members (excludes halogenated alkanes) is 1. The molecule has 2 aromatic heterocycles. The summed E-state index contributed by atoms with van der Waals surface area (Å²) < 4.78 is 1.76. The maximum Gasteiger partial charge on any atom is 0.193 e. The monoisotopic (exact) mass is 428 g/mol. The van der Waals surface area contributed by atoms with Crippen LogP contribution in [0.1, 0.15) is 25.3 Å². The minimum atomic E-state index is 0. The molecule has 0 aliphatic rings. The second kappa shape index (κ2) is 10.2. The van der Waals surface area contributed by atoms with Gasteiger partial charge in [0.25, 0.3) is 0 Å². The van der Waals surface area contributed by atoms with Crippen molar-refractivity contribution in [3.8, 4) is 5.82 Å². The third-order valence-electron chi connectivity index (χ3n) is 3.42. The first kappa shape index (κ1) is 19.4. The Labute approximate surface area is 155 Å². The SMILES string of the molecule is CCCCN(C)C(=NC)NCc1ccnc(-n2cccn2)c1.I. The average molecular weight is 428 g/mol. The Morgan fingerprint density at radius 2 is 2.22 bits per heavy atom. The molecule has 2 aromatic rings. The van der Waals surface area contributed by atoms with Crippen LogP contribution >= 0.6 is 24.0 Å². The maximum atomic E-state index is 4.34. The molecule has 0 aliphatic carbocycles. The molecule has 0 atom stereocenters. The lowest BCUT2D eigenvalue weighted by atomic mass is 10.2. The van der Waals surface area contributed by atoms with Gasteiger partial charge in [0.15, 0.2) is 11.8 Å². The van der Waals surface area contributed by atoms with Crippen molar-refractivity contribution in [1.82, 2.24) is 25.0 Å². The maximum absolute atomic E-state index is 4.34. The molecule has 1 N–H and O–H groups in total. The van der Waals surface area contributed by atoms with Crippen LogP contribution in [0.3, 0.4) is 0 Å². The molecule has 23 heavy (non-hydrogen) atoms. The summed E-state index contributed by atoms with van der Waals surface area (Å²) in [5, 5.41) is 7.59. The topological polar surface area (TPSA) is 58.3 Å². The molecule has 0 spiro atoms. The third-order valence-corrected chi connectivity index (χ3v) is 3.42. The second-order valence-corrected chi connectivity index (χ2v) is 5.15. The number of aromatic nitrogens is 3. The molecule has 0 amide bonds. The zero-order valence-electron chi connectivity index (χ0n) is 13.9. The van der Waals surface area contributed by atoms with Crippen molar-refractivity contribution in [3.05, 3.63) is 42.4 Å². The van der Waals surface area contributed by atoms with Crippen LogP contribution in [0.4, 0.5) is 0 Å². The molecule has 2 rings (SSSR count). The lowest BCUT2D eigenvalue weighted by Gasteiger charge is -2.21. The van der Waals surface area contributed by atoms with E-state index >= 15 is 0 Å². The van der Waals surface area contributed by atoms with Crippen molar-refractivity contribution in [2.45, 2.75) is 26.3 Å². The number of nitrogens with one attached hydrogen (secondary N) is 1. The molecule has 2 heterocycles. The van der Waals surface area contributed by atoms with E-state index in [1.165, 1.54) is 6.42 Å². The Kier molecular flexibility index (Phi) is 8.60. The van der Waals surface area contributed by atoms with Gasteiger partial charge in [-0.15, -0.1) is 24.0 Å². The molecule has 0 saturated carbocycles. The number of guanidine groups is 1. The molecule has 0 unspecified atom stereocenters. The number of aliphatic imine (C=N–C) groups is 1. The number of rotatable bonds is 6. The Morgan fingerprint density at radius 1 is 1.39 bits per heavy atom. The Bertz CT molecular complexity index is 596. The summed E-state index contributed by atoms with van der Waals surface area (Å²) in [6, 6.07) is 5.91. The third kappa shape index (κ3) is 5.81. The normalized spacial score (nSPS) is 11.0. The van der Waals surface area contributed by atoms with E-state index in [4.69, 9.17) is 0 Å². The minimum absolute atomic E-state index is 0. The molecule has 6 nitrogen and oxygen atoms in total. The van der Waals surface area contributed by atoms with E-state index in [2.05, 4.69) is 39.3 Å². The van der Waals surface area contributed by atoms with Gasteiger partial charge in [-0.2, -0.15) is 5.10 Å². The Morgan fingerprint density at radius 3 is 2.87 bits per heavy atom. The van der Waals surface area contributed by atoms with Gasteiger partial charge in [0.05, 0.1) is 0 Å². The lowest BCUT2D eigenvalue weighted by molar-refractivity contribution is 0.464. The molecule has 0 fully saturated rings. The fourth-order valence-corrected chi connectivity index (χ4v) is 2.17. The molecule has 0 radical (unpaired) electrons. The first-order valence-corrected chi connectivity index (χ1v) is 7.61. The van der Waals surface area contributed by atoms with Crippen molar-refractivity contribution in [2.75, 3.05) is 20.6 Å². The van der Waals surface area contributed by atoms with Crippen LogP contribution in [0, 0.1) is 0 Å². The summed E-state index contributed by atoms with van der Waals surface area (Å²) in [4.78, 5) is 10.8. The molecule has 126 valence electrons. The van der Waals surface area contributed by atoms with Crippen LogP contribution in [0.15, 0.2) is 41.8 Å². The van der Waals surface area contributed by atoms with Crippen molar-refractivity contribution in [2.24, 2.45) is 4.99 Å². The zero-order valence-corrected chi connectivity index (χ0v) is 16.3. The van der Waals surface area contributed by atoms with E-state index in [1.54, 1.807) is 17.1 Å². The summed E-state index contributed by atoms with van der Waals surface area (Å²) in [6.07, 6.45) is 7.78. The number of pyridine rings is 1. The van der Waals surface area contributed by atoms with Gasteiger partial charge >= 0.3 is 0 Å². The van der Waals surface area contributed by atoms with Crippen LogP contribution in [0.25, 0.3) is 5.82 Å². The van der Waals surface area contributed by atoms with Gasteiger partial charge in [0.2, 0.25) is 0 Å². The van der Waals surface area contributed by atoms with E-state index in [9.17, 15) is 0 Å². The van der Waals surface area contributed by atoms with E-state index in [-0.39, 0.29) is 24.0 Å². The highest BCUT2D eigenvalue weighted by Gasteiger charge is 2.06. The molecular weight excluding hydrogens is 403 g/mol. The van der Waals surface area contributed by atoms with Crippen LogP contribution in [0.5, 0.6) is 0 Å². The minimum Gasteiger partial charge on any atom is -0.352 e. The largest absolute Gasteiger partial charge is 0.352 e. The molecular formula is C16H25IN6. The summed E-state index contributed by atoms with van der Waals surface area (Å²) in [5.74, 6) is 1.73. The van der Waals surface area contributed by atoms with Gasteiger partial charge in [-0.25, -0.2) is 9.67 Å². The fraction of sp³-hybridized carbons (Fsp3) is 0.438. The lowest BCUT2D eigenvalue weighted by Crippen LogP contribution is -2.38. The quantitative estimate of drug-likeness (QED) is 0.437.